The zero-order chi connectivity index (χ0) is 14.6. The van der Waals surface area contributed by atoms with Crippen LogP contribution in [0.1, 0.15) is 30.0 Å². The molecule has 0 aliphatic rings. The summed E-state index contributed by atoms with van der Waals surface area (Å²) in [6, 6.07) is 16.0. The van der Waals surface area contributed by atoms with Crippen molar-refractivity contribution in [3.05, 3.63) is 65.2 Å². The van der Waals surface area contributed by atoms with Crippen LogP contribution in [-0.2, 0) is 12.0 Å². The topological polar surface area (TPSA) is 29.5 Å². The fraction of sp³-hybridized carbons (Fsp3) is 0.333. The lowest BCUT2D eigenvalue weighted by Crippen LogP contribution is -2.28. The highest BCUT2D eigenvalue weighted by Gasteiger charge is 2.30. The Kier molecular flexibility index (Phi) is 4.46. The molecule has 2 heteroatoms. The van der Waals surface area contributed by atoms with Gasteiger partial charge in [-0.15, -0.1) is 0 Å². The van der Waals surface area contributed by atoms with Crippen LogP contribution in [0.5, 0.6) is 5.75 Å². The largest absolute Gasteiger partial charge is 0.496 e. The Bertz CT molecular complexity index is 563. The van der Waals surface area contributed by atoms with E-state index in [1.54, 1.807) is 7.11 Å². The maximum Gasteiger partial charge on any atom is 0.124 e. The van der Waals surface area contributed by atoms with E-state index >= 15 is 0 Å². The lowest BCUT2D eigenvalue weighted by molar-refractivity contribution is 0.0303. The van der Waals surface area contributed by atoms with Crippen molar-refractivity contribution in [2.45, 2.75) is 32.3 Å². The molecule has 1 atom stereocenters. The first kappa shape index (κ1) is 14.6. The Morgan fingerprint density at radius 3 is 2.40 bits per heavy atom. The Balaban J connectivity index is 2.42. The van der Waals surface area contributed by atoms with Crippen molar-refractivity contribution in [1.29, 1.82) is 0 Å². The zero-order valence-electron chi connectivity index (χ0n) is 12.4. The predicted molar refractivity (Wildman–Crippen MR) is 82.1 cm³/mol. The van der Waals surface area contributed by atoms with Gasteiger partial charge in [-0.3, -0.25) is 0 Å². The van der Waals surface area contributed by atoms with Crippen LogP contribution in [0.2, 0.25) is 0 Å². The number of benzene rings is 2. The molecule has 0 radical (unpaired) electrons. The van der Waals surface area contributed by atoms with E-state index in [2.05, 4.69) is 0 Å². The van der Waals surface area contributed by atoms with E-state index in [1.165, 1.54) is 0 Å². The highest BCUT2D eigenvalue weighted by atomic mass is 16.5. The van der Waals surface area contributed by atoms with E-state index in [0.29, 0.717) is 12.8 Å². The standard InChI is InChI=1S/C18H22O2/c1-4-18(19,13-15-8-6-5-7-9-15)16-12-14(2)10-11-17(16)20-3/h5-12,19H,4,13H2,1-3H3. The number of methoxy groups -OCH3 is 1. The number of ether oxygens (including phenoxy) is 1. The van der Waals surface area contributed by atoms with Crippen LogP contribution >= 0.6 is 0 Å². The fourth-order valence-electron chi connectivity index (χ4n) is 2.53. The molecule has 0 amide bonds. The van der Waals surface area contributed by atoms with E-state index in [9.17, 15) is 5.11 Å². The molecular weight excluding hydrogens is 248 g/mol. The Morgan fingerprint density at radius 2 is 1.80 bits per heavy atom. The van der Waals surface area contributed by atoms with Gasteiger partial charge in [0.2, 0.25) is 0 Å². The van der Waals surface area contributed by atoms with Crippen molar-refractivity contribution in [2.75, 3.05) is 7.11 Å². The SMILES string of the molecule is CCC(O)(Cc1ccccc1)c1cc(C)ccc1OC. The van der Waals surface area contributed by atoms with Crippen molar-refractivity contribution in [2.24, 2.45) is 0 Å². The predicted octanol–water partition coefficient (Wildman–Crippen LogP) is 3.84. The summed E-state index contributed by atoms with van der Waals surface area (Å²) in [7, 11) is 1.65. The van der Waals surface area contributed by atoms with Gasteiger partial charge in [0.15, 0.2) is 0 Å². The average Bonchev–Trinajstić information content (AvgIpc) is 2.48. The maximum absolute atomic E-state index is 11.1. The smallest absolute Gasteiger partial charge is 0.124 e. The molecule has 0 spiro atoms. The highest BCUT2D eigenvalue weighted by Crippen LogP contribution is 2.36. The summed E-state index contributed by atoms with van der Waals surface area (Å²) >= 11 is 0. The van der Waals surface area contributed by atoms with E-state index in [-0.39, 0.29) is 0 Å². The van der Waals surface area contributed by atoms with Crippen molar-refractivity contribution in [3.8, 4) is 5.75 Å². The van der Waals surface area contributed by atoms with Crippen LogP contribution in [0.25, 0.3) is 0 Å². The summed E-state index contributed by atoms with van der Waals surface area (Å²) in [6.07, 6.45) is 1.23. The number of hydrogen-bond donors (Lipinski definition) is 1. The molecule has 1 unspecified atom stereocenters. The van der Waals surface area contributed by atoms with Crippen LogP contribution in [0, 0.1) is 6.92 Å². The summed E-state index contributed by atoms with van der Waals surface area (Å²) in [5.41, 5.74) is 2.21. The van der Waals surface area contributed by atoms with E-state index in [4.69, 9.17) is 4.74 Å². The molecule has 2 aromatic rings. The average molecular weight is 270 g/mol. The van der Waals surface area contributed by atoms with Crippen LogP contribution < -0.4 is 4.74 Å². The highest BCUT2D eigenvalue weighted by molar-refractivity contribution is 5.42. The van der Waals surface area contributed by atoms with Crippen LogP contribution in [0.15, 0.2) is 48.5 Å². The second kappa shape index (κ2) is 6.10. The minimum atomic E-state index is -0.904. The molecule has 2 nitrogen and oxygen atoms in total. The second-order valence-electron chi connectivity index (χ2n) is 5.25. The lowest BCUT2D eigenvalue weighted by Gasteiger charge is -2.29. The molecule has 0 aliphatic carbocycles. The number of rotatable bonds is 5. The first-order valence-electron chi connectivity index (χ1n) is 7.00. The Labute approximate surface area is 121 Å². The van der Waals surface area contributed by atoms with Gasteiger partial charge in [0.25, 0.3) is 0 Å². The Hall–Kier alpha value is -1.80. The Morgan fingerprint density at radius 1 is 1.10 bits per heavy atom. The van der Waals surface area contributed by atoms with E-state index in [1.807, 2.05) is 62.4 Å². The minimum Gasteiger partial charge on any atom is -0.496 e. The summed E-state index contributed by atoms with van der Waals surface area (Å²) in [5, 5.41) is 11.1. The first-order valence-corrected chi connectivity index (χ1v) is 7.00. The number of aryl methyl sites for hydroxylation is 1. The van der Waals surface area contributed by atoms with Crippen LogP contribution in [0.3, 0.4) is 0 Å². The van der Waals surface area contributed by atoms with Gasteiger partial charge in [-0.05, 0) is 31.0 Å². The van der Waals surface area contributed by atoms with Crippen LogP contribution in [0.4, 0.5) is 0 Å². The molecule has 0 saturated carbocycles. The second-order valence-corrected chi connectivity index (χ2v) is 5.25. The molecular formula is C18H22O2. The third-order valence-corrected chi connectivity index (χ3v) is 3.78. The van der Waals surface area contributed by atoms with Gasteiger partial charge < -0.3 is 9.84 Å². The zero-order valence-corrected chi connectivity index (χ0v) is 12.4. The lowest BCUT2D eigenvalue weighted by atomic mass is 9.84. The molecule has 2 rings (SSSR count). The van der Waals surface area contributed by atoms with Gasteiger partial charge in [0.1, 0.15) is 5.75 Å². The van der Waals surface area contributed by atoms with Crippen molar-refractivity contribution in [3.63, 3.8) is 0 Å². The van der Waals surface area contributed by atoms with E-state index < -0.39 is 5.60 Å². The molecule has 0 bridgehead atoms. The normalized spacial score (nSPS) is 13.8. The molecule has 0 saturated heterocycles. The van der Waals surface area contributed by atoms with Gasteiger partial charge >= 0.3 is 0 Å². The maximum atomic E-state index is 11.1. The van der Waals surface area contributed by atoms with Gasteiger partial charge in [0, 0.05) is 12.0 Å². The quantitative estimate of drug-likeness (QED) is 0.894. The summed E-state index contributed by atoms with van der Waals surface area (Å²) < 4.78 is 5.43. The van der Waals surface area contributed by atoms with E-state index in [0.717, 1.165) is 22.4 Å². The van der Waals surface area contributed by atoms with Gasteiger partial charge in [0.05, 0.1) is 12.7 Å². The summed E-state index contributed by atoms with van der Waals surface area (Å²) in [5.74, 6) is 0.746. The van der Waals surface area contributed by atoms with Gasteiger partial charge in [-0.2, -0.15) is 0 Å². The summed E-state index contributed by atoms with van der Waals surface area (Å²) in [6.45, 7) is 4.03. The van der Waals surface area contributed by atoms with Gasteiger partial charge in [-0.1, -0.05) is 48.9 Å². The molecule has 0 aromatic heterocycles. The molecule has 0 fully saturated rings. The first-order chi connectivity index (χ1) is 9.59. The van der Waals surface area contributed by atoms with Crippen molar-refractivity contribution >= 4 is 0 Å². The molecule has 0 aliphatic heterocycles. The third-order valence-electron chi connectivity index (χ3n) is 3.78. The monoisotopic (exact) mass is 270 g/mol. The molecule has 106 valence electrons. The molecule has 0 heterocycles. The van der Waals surface area contributed by atoms with Gasteiger partial charge in [-0.25, -0.2) is 0 Å². The number of aliphatic hydroxyl groups is 1. The van der Waals surface area contributed by atoms with Crippen molar-refractivity contribution < 1.29 is 9.84 Å². The molecule has 1 N–H and O–H groups in total. The van der Waals surface area contributed by atoms with Crippen LogP contribution in [-0.4, -0.2) is 12.2 Å². The minimum absolute atomic E-state index is 0.587. The molecule has 2 aromatic carbocycles. The summed E-state index contributed by atoms with van der Waals surface area (Å²) in [4.78, 5) is 0. The third kappa shape index (κ3) is 3.02. The van der Waals surface area contributed by atoms with Crippen molar-refractivity contribution in [1.82, 2.24) is 0 Å². The number of hydrogen-bond acceptors (Lipinski definition) is 2. The molecule has 20 heavy (non-hydrogen) atoms. The fourth-order valence-corrected chi connectivity index (χ4v) is 2.53.